The summed E-state index contributed by atoms with van der Waals surface area (Å²) in [6.07, 6.45) is -0.117. The van der Waals surface area contributed by atoms with Crippen LogP contribution in [0.4, 0.5) is 14.9 Å². The Kier molecular flexibility index (Phi) is 5.49. The summed E-state index contributed by atoms with van der Waals surface area (Å²) in [5.41, 5.74) is 1.12. The first-order chi connectivity index (χ1) is 9.31. The number of carboxylic acids is 1. The fourth-order valence-corrected chi connectivity index (χ4v) is 1.76. The molecule has 0 fully saturated rings. The molecule has 0 aliphatic rings. The standard InChI is InChI=1S/C14H19FN2O3/c1-9(2)17(7-6-13(18)19)14(20)16-12-5-4-11(15)8-10(12)3/h4-5,8-9H,6-7H2,1-3H3,(H,16,20)(H,18,19). The van der Waals surface area contributed by atoms with Crippen LogP contribution < -0.4 is 5.32 Å². The number of anilines is 1. The zero-order chi connectivity index (χ0) is 15.3. The van der Waals surface area contributed by atoms with Gasteiger partial charge in [0.2, 0.25) is 0 Å². The third kappa shape index (κ3) is 4.53. The number of carbonyl (C=O) groups excluding carboxylic acids is 1. The maximum Gasteiger partial charge on any atom is 0.322 e. The van der Waals surface area contributed by atoms with Gasteiger partial charge in [-0.05, 0) is 44.5 Å². The van der Waals surface area contributed by atoms with Crippen molar-refractivity contribution in [2.45, 2.75) is 33.2 Å². The van der Waals surface area contributed by atoms with Crippen LogP contribution in [0.5, 0.6) is 0 Å². The Labute approximate surface area is 117 Å². The summed E-state index contributed by atoms with van der Waals surface area (Å²) in [7, 11) is 0. The molecule has 1 rings (SSSR count). The fraction of sp³-hybridized carbons (Fsp3) is 0.429. The lowest BCUT2D eigenvalue weighted by Gasteiger charge is -2.26. The van der Waals surface area contributed by atoms with Crippen LogP contribution in [0, 0.1) is 12.7 Å². The molecule has 2 amide bonds. The van der Waals surface area contributed by atoms with E-state index < -0.39 is 12.0 Å². The summed E-state index contributed by atoms with van der Waals surface area (Å²) < 4.78 is 13.0. The molecule has 0 aliphatic heterocycles. The van der Waals surface area contributed by atoms with Gasteiger partial charge in [-0.25, -0.2) is 9.18 Å². The lowest BCUT2D eigenvalue weighted by Crippen LogP contribution is -2.41. The molecule has 0 heterocycles. The number of amides is 2. The van der Waals surface area contributed by atoms with Gasteiger partial charge in [0, 0.05) is 18.3 Å². The molecule has 5 nitrogen and oxygen atoms in total. The van der Waals surface area contributed by atoms with Crippen LogP contribution in [-0.2, 0) is 4.79 Å². The van der Waals surface area contributed by atoms with Gasteiger partial charge >= 0.3 is 12.0 Å². The summed E-state index contributed by atoms with van der Waals surface area (Å²) in [5, 5.41) is 11.4. The molecule has 0 radical (unpaired) electrons. The van der Waals surface area contributed by atoms with E-state index in [1.807, 2.05) is 0 Å². The van der Waals surface area contributed by atoms with Gasteiger partial charge in [0.1, 0.15) is 5.82 Å². The molecule has 0 spiro atoms. The molecule has 0 aromatic heterocycles. The fourth-order valence-electron chi connectivity index (χ4n) is 1.76. The van der Waals surface area contributed by atoms with Gasteiger partial charge in [0.25, 0.3) is 0 Å². The van der Waals surface area contributed by atoms with Gasteiger partial charge in [-0.2, -0.15) is 0 Å². The minimum Gasteiger partial charge on any atom is -0.481 e. The molecule has 0 atom stereocenters. The Morgan fingerprint density at radius 2 is 2.05 bits per heavy atom. The van der Waals surface area contributed by atoms with Crippen molar-refractivity contribution in [1.29, 1.82) is 0 Å². The Balaban J connectivity index is 2.77. The van der Waals surface area contributed by atoms with Crippen molar-refractivity contribution >= 4 is 17.7 Å². The highest BCUT2D eigenvalue weighted by Crippen LogP contribution is 2.16. The lowest BCUT2D eigenvalue weighted by atomic mass is 10.2. The minimum atomic E-state index is -0.957. The molecule has 6 heteroatoms. The van der Waals surface area contributed by atoms with Crippen LogP contribution in [-0.4, -0.2) is 34.6 Å². The summed E-state index contributed by atoms with van der Waals surface area (Å²) in [6, 6.07) is 3.55. The third-order valence-electron chi connectivity index (χ3n) is 2.88. The first-order valence-electron chi connectivity index (χ1n) is 6.37. The number of nitrogens with zero attached hydrogens (tertiary/aromatic N) is 1. The molecule has 0 saturated carbocycles. The maximum absolute atomic E-state index is 13.0. The van der Waals surface area contributed by atoms with Crippen LogP contribution in [0.25, 0.3) is 0 Å². The number of aliphatic carboxylic acids is 1. The predicted octanol–water partition coefficient (Wildman–Crippen LogP) is 2.85. The largest absolute Gasteiger partial charge is 0.481 e. The van der Waals surface area contributed by atoms with E-state index in [1.165, 1.54) is 23.1 Å². The molecule has 0 bridgehead atoms. The molecule has 0 aliphatic carbocycles. The summed E-state index contributed by atoms with van der Waals surface area (Å²) in [4.78, 5) is 24.2. The van der Waals surface area contributed by atoms with E-state index in [2.05, 4.69) is 5.32 Å². The van der Waals surface area contributed by atoms with Crippen molar-refractivity contribution < 1.29 is 19.1 Å². The molecule has 0 saturated heterocycles. The topological polar surface area (TPSA) is 69.6 Å². The normalized spacial score (nSPS) is 10.4. The molecule has 0 unspecified atom stereocenters. The summed E-state index contributed by atoms with van der Waals surface area (Å²) in [5.74, 6) is -1.33. The number of benzene rings is 1. The van der Waals surface area contributed by atoms with Crippen LogP contribution in [0.1, 0.15) is 25.8 Å². The van der Waals surface area contributed by atoms with Gasteiger partial charge in [-0.3, -0.25) is 4.79 Å². The highest BCUT2D eigenvalue weighted by molar-refractivity contribution is 5.90. The molecular weight excluding hydrogens is 263 g/mol. The van der Waals surface area contributed by atoms with Crippen molar-refractivity contribution in [2.75, 3.05) is 11.9 Å². The number of carboxylic acid groups (broad SMARTS) is 1. The average Bonchev–Trinajstić information content (AvgIpc) is 2.32. The quantitative estimate of drug-likeness (QED) is 0.872. The van der Waals surface area contributed by atoms with Crippen LogP contribution in [0.2, 0.25) is 0 Å². The number of rotatable bonds is 5. The molecule has 20 heavy (non-hydrogen) atoms. The smallest absolute Gasteiger partial charge is 0.322 e. The van der Waals surface area contributed by atoms with Gasteiger partial charge in [-0.15, -0.1) is 0 Å². The van der Waals surface area contributed by atoms with Crippen LogP contribution in [0.15, 0.2) is 18.2 Å². The number of aryl methyl sites for hydroxylation is 1. The van der Waals surface area contributed by atoms with E-state index in [9.17, 15) is 14.0 Å². The minimum absolute atomic E-state index is 0.117. The van der Waals surface area contributed by atoms with Gasteiger partial charge in [0.05, 0.1) is 6.42 Å². The Bertz CT molecular complexity index is 503. The highest BCUT2D eigenvalue weighted by atomic mass is 19.1. The van der Waals surface area contributed by atoms with Crippen molar-refractivity contribution in [3.05, 3.63) is 29.6 Å². The van der Waals surface area contributed by atoms with E-state index in [0.29, 0.717) is 11.3 Å². The van der Waals surface area contributed by atoms with E-state index in [4.69, 9.17) is 5.11 Å². The van der Waals surface area contributed by atoms with Gasteiger partial charge in [0.15, 0.2) is 0 Å². The number of urea groups is 1. The number of halogens is 1. The SMILES string of the molecule is Cc1cc(F)ccc1NC(=O)N(CCC(=O)O)C(C)C. The lowest BCUT2D eigenvalue weighted by molar-refractivity contribution is -0.137. The van der Waals surface area contributed by atoms with Crippen LogP contribution in [0.3, 0.4) is 0 Å². The van der Waals surface area contributed by atoms with Crippen molar-refractivity contribution in [1.82, 2.24) is 4.90 Å². The number of carbonyl (C=O) groups is 2. The molecule has 2 N–H and O–H groups in total. The number of nitrogens with one attached hydrogen (secondary N) is 1. The van der Waals surface area contributed by atoms with E-state index >= 15 is 0 Å². The summed E-state index contributed by atoms with van der Waals surface area (Å²) >= 11 is 0. The zero-order valence-corrected chi connectivity index (χ0v) is 11.8. The molecule has 1 aromatic carbocycles. The molecule has 1 aromatic rings. The van der Waals surface area contributed by atoms with Gasteiger partial charge < -0.3 is 15.3 Å². The Hall–Kier alpha value is -2.11. The second kappa shape index (κ2) is 6.88. The Morgan fingerprint density at radius 1 is 1.40 bits per heavy atom. The van der Waals surface area contributed by atoms with Crippen molar-refractivity contribution in [2.24, 2.45) is 0 Å². The third-order valence-corrected chi connectivity index (χ3v) is 2.88. The van der Waals surface area contributed by atoms with E-state index in [1.54, 1.807) is 20.8 Å². The average molecular weight is 282 g/mol. The first-order valence-corrected chi connectivity index (χ1v) is 6.37. The van der Waals surface area contributed by atoms with E-state index in [0.717, 1.165) is 0 Å². The second-order valence-corrected chi connectivity index (χ2v) is 4.82. The zero-order valence-electron chi connectivity index (χ0n) is 11.8. The molecular formula is C14H19FN2O3. The van der Waals surface area contributed by atoms with Gasteiger partial charge in [-0.1, -0.05) is 0 Å². The Morgan fingerprint density at radius 3 is 2.55 bits per heavy atom. The van der Waals surface area contributed by atoms with Crippen molar-refractivity contribution in [3.8, 4) is 0 Å². The number of hydrogen-bond acceptors (Lipinski definition) is 2. The van der Waals surface area contributed by atoms with Crippen molar-refractivity contribution in [3.63, 3.8) is 0 Å². The maximum atomic E-state index is 13.0. The monoisotopic (exact) mass is 282 g/mol. The van der Waals surface area contributed by atoms with Crippen LogP contribution >= 0.6 is 0 Å². The first kappa shape index (κ1) is 15.9. The predicted molar refractivity (Wildman–Crippen MR) is 74.3 cm³/mol. The summed E-state index contributed by atoms with van der Waals surface area (Å²) in [6.45, 7) is 5.42. The number of hydrogen-bond donors (Lipinski definition) is 2. The van der Waals surface area contributed by atoms with E-state index in [-0.39, 0.29) is 24.8 Å². The molecule has 110 valence electrons. The highest BCUT2D eigenvalue weighted by Gasteiger charge is 2.18. The second-order valence-electron chi connectivity index (χ2n) is 4.82.